The summed E-state index contributed by atoms with van der Waals surface area (Å²) >= 11 is 0. The number of rotatable bonds is 8. The molecule has 2 aromatic heterocycles. The van der Waals surface area contributed by atoms with Crippen LogP contribution in [0.5, 0.6) is 0 Å². The van der Waals surface area contributed by atoms with E-state index >= 15 is 0 Å². The molecular weight excluding hydrogens is 989 g/mol. The molecule has 0 saturated carbocycles. The number of hydrogen-bond donors (Lipinski definition) is 0. The second-order valence-corrected chi connectivity index (χ2v) is 22.8. The maximum absolute atomic E-state index is 2.46. The Hall–Kier alpha value is -10.0. The summed E-state index contributed by atoms with van der Waals surface area (Å²) in [6, 6.07) is 95.6. The van der Waals surface area contributed by atoms with E-state index in [2.05, 4.69) is 305 Å². The van der Waals surface area contributed by atoms with Crippen molar-refractivity contribution in [2.24, 2.45) is 0 Å². The monoisotopic (exact) mass is 1050 g/mol. The maximum Gasteiger partial charge on any atom is 0.0541 e. The predicted molar refractivity (Wildman–Crippen MR) is 351 cm³/mol. The van der Waals surface area contributed by atoms with Crippen LogP contribution in [0.3, 0.4) is 0 Å². The second-order valence-electron chi connectivity index (χ2n) is 22.8. The van der Waals surface area contributed by atoms with Gasteiger partial charge in [-0.15, -0.1) is 0 Å². The van der Waals surface area contributed by atoms with Crippen molar-refractivity contribution in [1.82, 2.24) is 9.13 Å². The Kier molecular flexibility index (Phi) is 11.6. The number of hydrogen-bond acceptors (Lipinski definition) is 0. The van der Waals surface area contributed by atoms with Crippen LogP contribution in [-0.2, 0) is 0 Å². The zero-order chi connectivity index (χ0) is 55.3. The molecule has 15 aromatic rings. The molecule has 0 aliphatic rings. The van der Waals surface area contributed by atoms with Crippen molar-refractivity contribution < 1.29 is 0 Å². The van der Waals surface area contributed by atoms with Gasteiger partial charge in [0.2, 0.25) is 0 Å². The number of aryl methyl sites for hydroxylation is 6. The van der Waals surface area contributed by atoms with Crippen molar-refractivity contribution >= 4 is 65.2 Å². The van der Waals surface area contributed by atoms with E-state index in [1.807, 2.05) is 0 Å². The third-order valence-electron chi connectivity index (χ3n) is 17.4. The van der Waals surface area contributed by atoms with Gasteiger partial charge in [0.1, 0.15) is 0 Å². The second kappa shape index (κ2) is 19.4. The highest BCUT2D eigenvalue weighted by Crippen LogP contribution is 2.48. The van der Waals surface area contributed by atoms with E-state index in [0.29, 0.717) is 0 Å². The molecule has 0 bridgehead atoms. The molecule has 0 spiro atoms. The Balaban J connectivity index is 0.942. The smallest absolute Gasteiger partial charge is 0.0541 e. The lowest BCUT2D eigenvalue weighted by Gasteiger charge is -2.20. The van der Waals surface area contributed by atoms with Gasteiger partial charge >= 0.3 is 0 Å². The molecule has 0 atom stereocenters. The Morgan fingerprint density at radius 1 is 0.195 bits per heavy atom. The molecule has 0 unspecified atom stereocenters. The summed E-state index contributed by atoms with van der Waals surface area (Å²) in [7, 11) is 0. The van der Waals surface area contributed by atoms with Crippen LogP contribution in [0.4, 0.5) is 0 Å². The van der Waals surface area contributed by atoms with E-state index in [1.54, 1.807) is 0 Å². The van der Waals surface area contributed by atoms with E-state index in [9.17, 15) is 0 Å². The highest BCUT2D eigenvalue weighted by molar-refractivity contribution is 6.23. The Labute approximate surface area is 479 Å². The van der Waals surface area contributed by atoms with Gasteiger partial charge in [-0.1, -0.05) is 181 Å². The molecule has 0 amide bonds. The lowest BCUT2D eigenvalue weighted by Crippen LogP contribution is -1.94. The van der Waals surface area contributed by atoms with Gasteiger partial charge in [0, 0.05) is 32.9 Å². The summed E-state index contributed by atoms with van der Waals surface area (Å²) in [6.07, 6.45) is 0. The predicted octanol–water partition coefficient (Wildman–Crippen LogP) is 22.0. The van der Waals surface area contributed by atoms with E-state index < -0.39 is 0 Å². The molecule has 0 fully saturated rings. The summed E-state index contributed by atoms with van der Waals surface area (Å²) in [6.45, 7) is 13.4. The number of aromatic nitrogens is 2. The first kappa shape index (κ1) is 49.1. The normalized spacial score (nSPS) is 11.8. The van der Waals surface area contributed by atoms with E-state index in [4.69, 9.17) is 0 Å². The minimum absolute atomic E-state index is 1.15. The molecule has 15 rings (SSSR count). The zero-order valence-electron chi connectivity index (χ0n) is 47.1. The van der Waals surface area contributed by atoms with Gasteiger partial charge in [0.25, 0.3) is 0 Å². The molecule has 0 radical (unpaired) electrons. The summed E-state index contributed by atoms with van der Waals surface area (Å²) in [5.41, 5.74) is 29.6. The van der Waals surface area contributed by atoms with E-state index in [-0.39, 0.29) is 0 Å². The third-order valence-corrected chi connectivity index (χ3v) is 17.4. The van der Waals surface area contributed by atoms with Gasteiger partial charge in [-0.2, -0.15) is 0 Å². The Morgan fingerprint density at radius 3 is 0.793 bits per heavy atom. The SMILES string of the molecule is Cc1cc(C)c(-c2ccc3c(c2)c2cc(-c4ccc5c(-c6ccccc6)c6cc(-c7ccc8c(c7)c7cc(-c9c(C)cc(C)cc9C)ccc7n8-c7ccccc7)ccc6c(-c6ccccc6)c5c4)ccc2n3-c2ccccc2)c(C)c1. The average molecular weight is 1050 g/mol. The quantitative estimate of drug-likeness (QED) is 0.134. The van der Waals surface area contributed by atoms with Gasteiger partial charge in [0.15, 0.2) is 0 Å². The molecule has 0 N–H and O–H groups in total. The van der Waals surface area contributed by atoms with Gasteiger partial charge < -0.3 is 9.13 Å². The standard InChI is InChI=1S/C80H60N2/c1-49-39-51(3)77(52(4)40-49)61-31-37-75-69(47-61)67-43-59(29-35-73(67)81(75)63-23-15-9-16-24-63)57-27-33-65-71(45-57)79(55-19-11-7-12-20-55)66-34-28-58(46-72(66)80(65)56-21-13-8-14-22-56)60-30-36-74-68(44-60)70-48-62(78-53(5)41-50(2)42-54(78)6)32-38-76(70)82(74)64-25-17-10-18-26-64/h7-48H,1-6H3. The van der Waals surface area contributed by atoms with E-state index in [1.165, 1.54) is 165 Å². The fourth-order valence-corrected chi connectivity index (χ4v) is 14.1. The molecule has 0 aliphatic heterocycles. The van der Waals surface area contributed by atoms with Crippen LogP contribution in [0.1, 0.15) is 33.4 Å². The van der Waals surface area contributed by atoms with Crippen LogP contribution in [0, 0.1) is 41.5 Å². The highest BCUT2D eigenvalue weighted by Gasteiger charge is 2.22. The molecule has 2 nitrogen and oxygen atoms in total. The van der Waals surface area contributed by atoms with Crippen LogP contribution in [0.2, 0.25) is 0 Å². The van der Waals surface area contributed by atoms with Crippen molar-refractivity contribution in [2.75, 3.05) is 0 Å². The highest BCUT2D eigenvalue weighted by atomic mass is 15.0. The summed E-state index contributed by atoms with van der Waals surface area (Å²) in [5.74, 6) is 0. The summed E-state index contributed by atoms with van der Waals surface area (Å²) in [4.78, 5) is 0. The van der Waals surface area contributed by atoms with Crippen molar-refractivity contribution in [2.45, 2.75) is 41.5 Å². The van der Waals surface area contributed by atoms with Crippen LogP contribution < -0.4 is 0 Å². The summed E-state index contributed by atoms with van der Waals surface area (Å²) < 4.78 is 4.86. The van der Waals surface area contributed by atoms with Gasteiger partial charge in [-0.25, -0.2) is 0 Å². The topological polar surface area (TPSA) is 9.86 Å². The van der Waals surface area contributed by atoms with Crippen molar-refractivity contribution in [3.63, 3.8) is 0 Å². The molecule has 0 saturated heterocycles. The van der Waals surface area contributed by atoms with Gasteiger partial charge in [0.05, 0.1) is 22.1 Å². The van der Waals surface area contributed by atoms with Crippen LogP contribution >= 0.6 is 0 Å². The molecule has 82 heavy (non-hydrogen) atoms. The van der Waals surface area contributed by atoms with Gasteiger partial charge in [-0.05, 0) is 237 Å². The minimum Gasteiger partial charge on any atom is -0.309 e. The lowest BCUT2D eigenvalue weighted by atomic mass is 9.84. The molecular formula is C80H60N2. The van der Waals surface area contributed by atoms with Crippen LogP contribution in [-0.4, -0.2) is 9.13 Å². The van der Waals surface area contributed by atoms with E-state index in [0.717, 1.165) is 11.4 Å². The first-order valence-corrected chi connectivity index (χ1v) is 28.7. The summed E-state index contributed by atoms with van der Waals surface area (Å²) in [5, 5.41) is 9.87. The van der Waals surface area contributed by atoms with Crippen LogP contribution in [0.25, 0.3) is 143 Å². The Morgan fingerprint density at radius 2 is 0.463 bits per heavy atom. The van der Waals surface area contributed by atoms with Crippen LogP contribution in [0.15, 0.2) is 255 Å². The zero-order valence-corrected chi connectivity index (χ0v) is 47.1. The number of nitrogens with zero attached hydrogens (tertiary/aromatic N) is 2. The fraction of sp³-hybridized carbons (Fsp3) is 0.0750. The van der Waals surface area contributed by atoms with Crippen molar-refractivity contribution in [3.05, 3.63) is 288 Å². The molecule has 2 heterocycles. The molecule has 390 valence electrons. The first-order chi connectivity index (χ1) is 40.1. The molecule has 0 aliphatic carbocycles. The van der Waals surface area contributed by atoms with Crippen molar-refractivity contribution in [3.8, 4) is 78.1 Å². The number of fused-ring (bicyclic) bond motifs is 8. The van der Waals surface area contributed by atoms with Gasteiger partial charge in [-0.3, -0.25) is 0 Å². The average Bonchev–Trinajstić information content (AvgIpc) is 4.17. The minimum atomic E-state index is 1.15. The molecule has 13 aromatic carbocycles. The first-order valence-electron chi connectivity index (χ1n) is 28.7. The lowest BCUT2D eigenvalue weighted by molar-refractivity contribution is 1.18. The third kappa shape index (κ3) is 8.00. The Bertz CT molecular complexity index is 4690. The number of para-hydroxylation sites is 2. The fourth-order valence-electron chi connectivity index (χ4n) is 14.1. The van der Waals surface area contributed by atoms with Crippen molar-refractivity contribution in [1.29, 1.82) is 0 Å². The maximum atomic E-state index is 2.46. The number of benzene rings is 13. The largest absolute Gasteiger partial charge is 0.309 e. The molecule has 2 heteroatoms.